The van der Waals surface area contributed by atoms with Crippen LogP contribution in [0.3, 0.4) is 0 Å². The highest BCUT2D eigenvalue weighted by atomic mass is 16.6. The van der Waals surface area contributed by atoms with Gasteiger partial charge in [-0.15, -0.1) is 0 Å². The highest BCUT2D eigenvalue weighted by Gasteiger charge is 2.17. The molecule has 114 valence electrons. The van der Waals surface area contributed by atoms with Gasteiger partial charge in [0, 0.05) is 25.3 Å². The molecule has 0 aliphatic rings. The molecule has 2 rings (SSSR count). The van der Waals surface area contributed by atoms with Gasteiger partial charge in [0.25, 0.3) is 11.8 Å². The average Bonchev–Trinajstić information content (AvgIpc) is 2.97. The molecule has 0 radical (unpaired) electrons. The fourth-order valence-corrected chi connectivity index (χ4v) is 1.69. The Labute approximate surface area is 125 Å². The van der Waals surface area contributed by atoms with E-state index in [9.17, 15) is 19.7 Å². The van der Waals surface area contributed by atoms with Gasteiger partial charge in [0.15, 0.2) is 5.76 Å². The van der Waals surface area contributed by atoms with Crippen molar-refractivity contribution in [1.82, 2.24) is 4.90 Å². The molecule has 0 saturated heterocycles. The highest BCUT2D eigenvalue weighted by molar-refractivity contribution is 6.02. The molecule has 1 aromatic heterocycles. The third-order valence-corrected chi connectivity index (χ3v) is 2.79. The second-order valence-corrected chi connectivity index (χ2v) is 4.63. The third kappa shape index (κ3) is 3.29. The van der Waals surface area contributed by atoms with E-state index in [4.69, 9.17) is 4.42 Å². The van der Waals surface area contributed by atoms with Crippen LogP contribution >= 0.6 is 0 Å². The molecule has 22 heavy (non-hydrogen) atoms. The lowest BCUT2D eigenvalue weighted by Gasteiger charge is -2.10. The highest BCUT2D eigenvalue weighted by Crippen LogP contribution is 2.17. The number of furan rings is 1. The molecule has 0 unspecified atom stereocenters. The summed E-state index contributed by atoms with van der Waals surface area (Å²) >= 11 is 0. The Morgan fingerprint density at radius 1 is 1.14 bits per heavy atom. The van der Waals surface area contributed by atoms with E-state index in [-0.39, 0.29) is 11.7 Å². The average molecular weight is 303 g/mol. The number of nitro groups is 1. The minimum absolute atomic E-state index is 0.153. The molecular weight excluding hydrogens is 290 g/mol. The number of rotatable bonds is 4. The minimum atomic E-state index is -0.724. The lowest BCUT2D eigenvalue weighted by molar-refractivity contribution is -0.402. The number of nitrogens with one attached hydrogen (secondary N) is 1. The topological polar surface area (TPSA) is 106 Å². The van der Waals surface area contributed by atoms with Gasteiger partial charge in [-0.2, -0.15) is 0 Å². The van der Waals surface area contributed by atoms with Crippen LogP contribution in [-0.2, 0) is 0 Å². The smallest absolute Gasteiger partial charge is 0.395 e. The van der Waals surface area contributed by atoms with Gasteiger partial charge in [0.1, 0.15) is 4.92 Å². The Balaban J connectivity index is 2.08. The lowest BCUT2D eigenvalue weighted by Crippen LogP contribution is -2.21. The minimum Gasteiger partial charge on any atom is -0.395 e. The van der Waals surface area contributed by atoms with Crippen molar-refractivity contribution in [3.8, 4) is 0 Å². The van der Waals surface area contributed by atoms with Crippen LogP contribution in [0, 0.1) is 10.1 Å². The molecule has 8 nitrogen and oxygen atoms in total. The summed E-state index contributed by atoms with van der Waals surface area (Å²) < 4.78 is 4.80. The summed E-state index contributed by atoms with van der Waals surface area (Å²) in [7, 11) is 3.28. The zero-order chi connectivity index (χ0) is 16.3. The van der Waals surface area contributed by atoms with Crippen molar-refractivity contribution in [2.75, 3.05) is 19.4 Å². The summed E-state index contributed by atoms with van der Waals surface area (Å²) in [4.78, 5) is 34.8. The van der Waals surface area contributed by atoms with Gasteiger partial charge in [0.2, 0.25) is 0 Å². The van der Waals surface area contributed by atoms with E-state index in [1.54, 1.807) is 38.4 Å². The maximum absolute atomic E-state index is 11.9. The number of nitrogens with zero attached hydrogens (tertiary/aromatic N) is 2. The number of hydrogen-bond acceptors (Lipinski definition) is 5. The molecule has 2 aromatic rings. The van der Waals surface area contributed by atoms with E-state index in [0.29, 0.717) is 11.3 Å². The van der Waals surface area contributed by atoms with Crippen LogP contribution in [0.25, 0.3) is 0 Å². The Morgan fingerprint density at radius 3 is 2.27 bits per heavy atom. The zero-order valence-corrected chi connectivity index (χ0v) is 11.9. The Kier molecular flexibility index (Phi) is 4.21. The number of carbonyl (C=O) groups is 2. The first-order valence-electron chi connectivity index (χ1n) is 6.26. The van der Waals surface area contributed by atoms with E-state index in [0.717, 1.165) is 6.07 Å². The molecule has 2 amide bonds. The van der Waals surface area contributed by atoms with Crippen molar-refractivity contribution < 1.29 is 18.9 Å². The second kappa shape index (κ2) is 6.08. The molecule has 0 saturated carbocycles. The van der Waals surface area contributed by atoms with Crippen molar-refractivity contribution in [3.05, 3.63) is 57.8 Å². The molecule has 0 bridgehead atoms. The molecular formula is C14H13N3O5. The van der Waals surface area contributed by atoms with Crippen LogP contribution in [0.4, 0.5) is 11.6 Å². The Morgan fingerprint density at radius 2 is 1.77 bits per heavy atom. The molecule has 0 spiro atoms. The van der Waals surface area contributed by atoms with Crippen molar-refractivity contribution in [3.63, 3.8) is 0 Å². The van der Waals surface area contributed by atoms with E-state index in [1.807, 2.05) is 0 Å². The number of benzene rings is 1. The standard InChI is InChI=1S/C14H13N3O5/c1-16(2)14(19)9-3-5-10(6-4-9)15-13(18)11-7-8-12(22-11)17(20)21/h3-8H,1-2H3,(H,15,18). The molecule has 0 aliphatic heterocycles. The molecule has 0 fully saturated rings. The van der Waals surface area contributed by atoms with Crippen LogP contribution < -0.4 is 5.32 Å². The van der Waals surface area contributed by atoms with Crippen LogP contribution in [0.1, 0.15) is 20.9 Å². The van der Waals surface area contributed by atoms with E-state index >= 15 is 0 Å². The normalized spacial score (nSPS) is 10.1. The number of hydrogen-bond donors (Lipinski definition) is 1. The Hall–Kier alpha value is -3.16. The number of amides is 2. The Bertz CT molecular complexity index is 718. The summed E-state index contributed by atoms with van der Waals surface area (Å²) in [6.07, 6.45) is 0. The van der Waals surface area contributed by atoms with Crippen molar-refractivity contribution >= 4 is 23.4 Å². The first-order chi connectivity index (χ1) is 10.4. The SMILES string of the molecule is CN(C)C(=O)c1ccc(NC(=O)c2ccc([N+](=O)[O-])o2)cc1. The fourth-order valence-electron chi connectivity index (χ4n) is 1.69. The molecule has 0 aliphatic carbocycles. The largest absolute Gasteiger partial charge is 0.433 e. The maximum Gasteiger partial charge on any atom is 0.433 e. The van der Waals surface area contributed by atoms with Gasteiger partial charge in [-0.05, 0) is 30.3 Å². The van der Waals surface area contributed by atoms with E-state index in [2.05, 4.69) is 5.32 Å². The number of anilines is 1. The van der Waals surface area contributed by atoms with Gasteiger partial charge in [-0.3, -0.25) is 19.7 Å². The maximum atomic E-state index is 11.9. The second-order valence-electron chi connectivity index (χ2n) is 4.63. The lowest BCUT2D eigenvalue weighted by atomic mass is 10.2. The van der Waals surface area contributed by atoms with E-state index < -0.39 is 16.7 Å². The molecule has 0 atom stereocenters. The predicted octanol–water partition coefficient (Wildman–Crippen LogP) is 2.14. The van der Waals surface area contributed by atoms with Gasteiger partial charge in [-0.1, -0.05) is 0 Å². The van der Waals surface area contributed by atoms with Crippen LogP contribution in [0.15, 0.2) is 40.8 Å². The molecule has 1 N–H and O–H groups in total. The number of carbonyl (C=O) groups excluding carboxylic acids is 2. The van der Waals surface area contributed by atoms with Gasteiger partial charge in [-0.25, -0.2) is 0 Å². The first kappa shape index (κ1) is 15.2. The van der Waals surface area contributed by atoms with Crippen molar-refractivity contribution in [2.24, 2.45) is 0 Å². The monoisotopic (exact) mass is 303 g/mol. The summed E-state index contributed by atoms with van der Waals surface area (Å²) in [5.74, 6) is -1.43. The van der Waals surface area contributed by atoms with Crippen molar-refractivity contribution in [2.45, 2.75) is 0 Å². The quantitative estimate of drug-likeness (QED) is 0.688. The van der Waals surface area contributed by atoms with Crippen LogP contribution in [0.2, 0.25) is 0 Å². The van der Waals surface area contributed by atoms with E-state index in [1.165, 1.54) is 11.0 Å². The van der Waals surface area contributed by atoms with Crippen molar-refractivity contribution in [1.29, 1.82) is 0 Å². The first-order valence-corrected chi connectivity index (χ1v) is 6.26. The fraction of sp³-hybridized carbons (Fsp3) is 0.143. The summed E-state index contributed by atoms with van der Waals surface area (Å²) in [6.45, 7) is 0. The van der Waals surface area contributed by atoms with Gasteiger partial charge >= 0.3 is 5.88 Å². The molecule has 1 heterocycles. The summed E-state index contributed by atoms with van der Waals surface area (Å²) in [5.41, 5.74) is 0.927. The molecule has 8 heteroatoms. The third-order valence-electron chi connectivity index (χ3n) is 2.79. The zero-order valence-electron chi connectivity index (χ0n) is 11.9. The summed E-state index contributed by atoms with van der Waals surface area (Å²) in [5, 5.41) is 13.0. The van der Waals surface area contributed by atoms with Gasteiger partial charge in [0.05, 0.1) is 6.07 Å². The summed E-state index contributed by atoms with van der Waals surface area (Å²) in [6, 6.07) is 8.59. The van der Waals surface area contributed by atoms with Crippen LogP contribution in [-0.4, -0.2) is 35.7 Å². The molecule has 1 aromatic carbocycles. The van der Waals surface area contributed by atoms with Gasteiger partial charge < -0.3 is 14.6 Å². The predicted molar refractivity (Wildman–Crippen MR) is 77.8 cm³/mol. The van der Waals surface area contributed by atoms with Crippen LogP contribution in [0.5, 0.6) is 0 Å².